The van der Waals surface area contributed by atoms with Gasteiger partial charge in [-0.3, -0.25) is 4.79 Å². The van der Waals surface area contributed by atoms with Crippen molar-refractivity contribution in [2.45, 2.75) is 51.6 Å². The molecule has 1 amide bonds. The molecule has 0 spiro atoms. The Morgan fingerprint density at radius 3 is 2.64 bits per heavy atom. The topological polar surface area (TPSA) is 41.1 Å². The summed E-state index contributed by atoms with van der Waals surface area (Å²) in [6.07, 6.45) is 4.52. The number of carbonyl (C=O) groups is 1. The zero-order valence-corrected chi connectivity index (χ0v) is 9.10. The molecule has 2 N–H and O–H groups in total. The average Bonchev–Trinajstić information content (AvgIpc) is 2.75. The second-order valence-corrected chi connectivity index (χ2v) is 5.26. The quantitative estimate of drug-likeness (QED) is 0.693. The van der Waals surface area contributed by atoms with Crippen LogP contribution >= 0.6 is 0 Å². The fourth-order valence-corrected chi connectivity index (χ4v) is 2.06. The monoisotopic (exact) mass is 196 g/mol. The maximum atomic E-state index is 11.8. The SMILES string of the molecule is CC1(C)CC1NC(=O)C1CCCCN1. The van der Waals surface area contributed by atoms with Crippen molar-refractivity contribution in [3.8, 4) is 0 Å². The summed E-state index contributed by atoms with van der Waals surface area (Å²) in [4.78, 5) is 11.8. The fraction of sp³-hybridized carbons (Fsp3) is 0.909. The van der Waals surface area contributed by atoms with Gasteiger partial charge in [0.25, 0.3) is 0 Å². The first kappa shape index (κ1) is 9.97. The third-order valence-corrected chi connectivity index (χ3v) is 3.46. The van der Waals surface area contributed by atoms with Crippen LogP contribution in [0.1, 0.15) is 39.5 Å². The number of carbonyl (C=O) groups excluding carboxylic acids is 1. The summed E-state index contributed by atoms with van der Waals surface area (Å²) in [5.41, 5.74) is 0.338. The molecule has 1 heterocycles. The Hall–Kier alpha value is -0.570. The summed E-state index contributed by atoms with van der Waals surface area (Å²) in [5.74, 6) is 0.209. The third-order valence-electron chi connectivity index (χ3n) is 3.46. The van der Waals surface area contributed by atoms with E-state index in [9.17, 15) is 4.79 Å². The van der Waals surface area contributed by atoms with Crippen molar-refractivity contribution in [1.29, 1.82) is 0 Å². The summed E-state index contributed by atoms with van der Waals surface area (Å²) < 4.78 is 0. The van der Waals surface area contributed by atoms with Gasteiger partial charge in [-0.2, -0.15) is 0 Å². The van der Waals surface area contributed by atoms with Crippen molar-refractivity contribution in [2.75, 3.05) is 6.54 Å². The van der Waals surface area contributed by atoms with E-state index in [1.54, 1.807) is 0 Å². The smallest absolute Gasteiger partial charge is 0.237 e. The molecule has 2 aliphatic rings. The van der Waals surface area contributed by atoms with Gasteiger partial charge in [-0.25, -0.2) is 0 Å². The second kappa shape index (κ2) is 3.54. The average molecular weight is 196 g/mol. The maximum absolute atomic E-state index is 11.8. The summed E-state index contributed by atoms with van der Waals surface area (Å²) in [5, 5.41) is 6.38. The molecule has 3 heteroatoms. The van der Waals surface area contributed by atoms with E-state index >= 15 is 0 Å². The minimum absolute atomic E-state index is 0.0696. The molecule has 3 nitrogen and oxygen atoms in total. The lowest BCUT2D eigenvalue weighted by Gasteiger charge is -2.22. The number of hydrogen-bond acceptors (Lipinski definition) is 2. The van der Waals surface area contributed by atoms with Crippen LogP contribution in [0.4, 0.5) is 0 Å². The Balaban J connectivity index is 1.78. The molecule has 2 rings (SSSR count). The maximum Gasteiger partial charge on any atom is 0.237 e. The first-order valence-electron chi connectivity index (χ1n) is 5.63. The molecule has 2 atom stereocenters. The lowest BCUT2D eigenvalue weighted by molar-refractivity contribution is -0.124. The van der Waals surface area contributed by atoms with E-state index < -0.39 is 0 Å². The van der Waals surface area contributed by atoms with Crippen LogP contribution in [0, 0.1) is 5.41 Å². The zero-order valence-electron chi connectivity index (χ0n) is 9.10. The van der Waals surface area contributed by atoms with Gasteiger partial charge in [0, 0.05) is 6.04 Å². The molecule has 2 unspecified atom stereocenters. The van der Waals surface area contributed by atoms with E-state index in [4.69, 9.17) is 0 Å². The zero-order chi connectivity index (χ0) is 10.2. The summed E-state index contributed by atoms with van der Waals surface area (Å²) in [7, 11) is 0. The van der Waals surface area contributed by atoms with Crippen molar-refractivity contribution in [3.05, 3.63) is 0 Å². The van der Waals surface area contributed by atoms with Gasteiger partial charge in [-0.05, 0) is 31.2 Å². The second-order valence-electron chi connectivity index (χ2n) is 5.26. The van der Waals surface area contributed by atoms with Gasteiger partial charge >= 0.3 is 0 Å². The first-order valence-corrected chi connectivity index (χ1v) is 5.63. The standard InChI is InChI=1S/C11H20N2O/c1-11(2)7-9(11)13-10(14)8-5-3-4-6-12-8/h8-9,12H,3-7H2,1-2H3,(H,13,14). The molecule has 80 valence electrons. The Kier molecular flexibility index (Phi) is 2.52. The number of nitrogens with one attached hydrogen (secondary N) is 2. The molecular formula is C11H20N2O. The molecule has 1 saturated heterocycles. The molecule has 0 aromatic rings. The van der Waals surface area contributed by atoms with Crippen molar-refractivity contribution in [2.24, 2.45) is 5.41 Å². The Labute approximate surface area is 85.6 Å². The molecular weight excluding hydrogens is 176 g/mol. The van der Waals surface area contributed by atoms with Gasteiger partial charge in [0.2, 0.25) is 5.91 Å². The lowest BCUT2D eigenvalue weighted by atomic mass is 10.0. The molecule has 1 aliphatic heterocycles. The van der Waals surface area contributed by atoms with Crippen molar-refractivity contribution in [1.82, 2.24) is 10.6 Å². The van der Waals surface area contributed by atoms with Crippen molar-refractivity contribution >= 4 is 5.91 Å². The van der Waals surface area contributed by atoms with E-state index in [0.29, 0.717) is 11.5 Å². The highest BCUT2D eigenvalue weighted by atomic mass is 16.2. The van der Waals surface area contributed by atoms with Crippen LogP contribution in [0.2, 0.25) is 0 Å². The summed E-state index contributed by atoms with van der Waals surface area (Å²) in [6.45, 7) is 5.39. The fourth-order valence-electron chi connectivity index (χ4n) is 2.06. The van der Waals surface area contributed by atoms with Crippen LogP contribution in [0.25, 0.3) is 0 Å². The van der Waals surface area contributed by atoms with E-state index in [1.165, 1.54) is 12.8 Å². The van der Waals surface area contributed by atoms with Gasteiger partial charge in [0.15, 0.2) is 0 Å². The molecule has 1 aliphatic carbocycles. The highest BCUT2D eigenvalue weighted by Gasteiger charge is 2.47. The summed E-state index contributed by atoms with van der Waals surface area (Å²) >= 11 is 0. The van der Waals surface area contributed by atoms with Crippen LogP contribution in [0.15, 0.2) is 0 Å². The van der Waals surface area contributed by atoms with Gasteiger partial charge in [-0.15, -0.1) is 0 Å². The molecule has 0 aromatic heterocycles. The molecule has 2 fully saturated rings. The predicted molar refractivity (Wildman–Crippen MR) is 56.0 cm³/mol. The van der Waals surface area contributed by atoms with E-state index in [0.717, 1.165) is 19.4 Å². The number of amides is 1. The lowest BCUT2D eigenvalue weighted by Crippen LogP contribution is -2.47. The van der Waals surface area contributed by atoms with Gasteiger partial charge in [-0.1, -0.05) is 20.3 Å². The third kappa shape index (κ3) is 2.08. The number of hydrogen-bond donors (Lipinski definition) is 2. The van der Waals surface area contributed by atoms with Gasteiger partial charge in [0.05, 0.1) is 6.04 Å². The first-order chi connectivity index (χ1) is 6.59. The summed E-state index contributed by atoms with van der Waals surface area (Å²) in [6, 6.07) is 0.485. The predicted octanol–water partition coefficient (Wildman–Crippen LogP) is 1.04. The molecule has 1 saturated carbocycles. The van der Waals surface area contributed by atoms with Crippen LogP contribution < -0.4 is 10.6 Å². The Bertz CT molecular complexity index is 231. The molecule has 14 heavy (non-hydrogen) atoms. The van der Waals surface area contributed by atoms with Crippen LogP contribution in [0.5, 0.6) is 0 Å². The minimum atomic E-state index is 0.0696. The Morgan fingerprint density at radius 1 is 1.43 bits per heavy atom. The molecule has 0 radical (unpaired) electrons. The number of piperidine rings is 1. The molecule has 0 bridgehead atoms. The van der Waals surface area contributed by atoms with E-state index in [1.807, 2.05) is 0 Å². The van der Waals surface area contributed by atoms with Crippen LogP contribution in [-0.4, -0.2) is 24.5 Å². The highest BCUT2D eigenvalue weighted by molar-refractivity contribution is 5.82. The van der Waals surface area contributed by atoms with E-state index in [-0.39, 0.29) is 11.9 Å². The van der Waals surface area contributed by atoms with Crippen LogP contribution in [-0.2, 0) is 4.79 Å². The van der Waals surface area contributed by atoms with E-state index in [2.05, 4.69) is 24.5 Å². The van der Waals surface area contributed by atoms with Crippen molar-refractivity contribution < 1.29 is 4.79 Å². The minimum Gasteiger partial charge on any atom is -0.351 e. The largest absolute Gasteiger partial charge is 0.351 e. The number of rotatable bonds is 2. The van der Waals surface area contributed by atoms with Crippen LogP contribution in [0.3, 0.4) is 0 Å². The Morgan fingerprint density at radius 2 is 2.14 bits per heavy atom. The van der Waals surface area contributed by atoms with Gasteiger partial charge < -0.3 is 10.6 Å². The highest BCUT2D eigenvalue weighted by Crippen LogP contribution is 2.44. The van der Waals surface area contributed by atoms with Crippen molar-refractivity contribution in [3.63, 3.8) is 0 Å². The van der Waals surface area contributed by atoms with Gasteiger partial charge in [0.1, 0.15) is 0 Å². The molecule has 0 aromatic carbocycles. The normalized spacial score (nSPS) is 35.0.